The van der Waals surface area contributed by atoms with E-state index in [1.54, 1.807) is 6.20 Å². The van der Waals surface area contributed by atoms with Gasteiger partial charge in [0.15, 0.2) is 33.6 Å². The second-order valence-corrected chi connectivity index (χ2v) is 8.07. The minimum absolute atomic E-state index is 0.210. The summed E-state index contributed by atoms with van der Waals surface area (Å²) >= 11 is 1.53. The fourth-order valence-corrected chi connectivity index (χ4v) is 4.57. The van der Waals surface area contributed by atoms with E-state index in [9.17, 15) is 0 Å². The van der Waals surface area contributed by atoms with Crippen molar-refractivity contribution in [3.05, 3.63) is 30.7 Å². The first-order valence-electron chi connectivity index (χ1n) is 9.97. The molecule has 0 saturated carbocycles. The molecule has 0 bridgehead atoms. The summed E-state index contributed by atoms with van der Waals surface area (Å²) in [5, 5.41) is 11.1. The van der Waals surface area contributed by atoms with Crippen LogP contribution >= 0.6 is 11.8 Å². The SMILES string of the molecule is CNCCCCn1c(Sc2cc3c(cc2-c2ccn[nH]2)OCO3)nc2c(N)ncnc21. The van der Waals surface area contributed by atoms with Gasteiger partial charge < -0.3 is 25.1 Å². The second-order valence-electron chi connectivity index (χ2n) is 7.06. The zero-order valence-corrected chi connectivity index (χ0v) is 17.8. The Morgan fingerprint density at radius 3 is 2.90 bits per heavy atom. The van der Waals surface area contributed by atoms with Crippen LogP contribution in [0, 0.1) is 0 Å². The molecule has 0 saturated heterocycles. The largest absolute Gasteiger partial charge is 0.454 e. The van der Waals surface area contributed by atoms with Crippen molar-refractivity contribution in [2.24, 2.45) is 0 Å². The molecule has 4 N–H and O–H groups in total. The molecule has 11 heteroatoms. The Hall–Kier alpha value is -3.31. The van der Waals surface area contributed by atoms with Gasteiger partial charge in [-0.25, -0.2) is 15.0 Å². The van der Waals surface area contributed by atoms with Crippen LogP contribution in [0.25, 0.3) is 22.4 Å². The number of fused-ring (bicyclic) bond motifs is 2. The second kappa shape index (κ2) is 8.44. The molecule has 0 radical (unpaired) electrons. The lowest BCUT2D eigenvalue weighted by Crippen LogP contribution is -2.09. The lowest BCUT2D eigenvalue weighted by molar-refractivity contribution is 0.174. The third kappa shape index (κ3) is 3.77. The smallest absolute Gasteiger partial charge is 0.231 e. The van der Waals surface area contributed by atoms with Crippen molar-refractivity contribution in [1.82, 2.24) is 35.0 Å². The van der Waals surface area contributed by atoms with Crippen LogP contribution in [-0.2, 0) is 6.54 Å². The molecule has 3 aromatic heterocycles. The van der Waals surface area contributed by atoms with E-state index in [4.69, 9.17) is 20.2 Å². The Balaban J connectivity index is 1.57. The van der Waals surface area contributed by atoms with E-state index < -0.39 is 0 Å². The molecule has 31 heavy (non-hydrogen) atoms. The van der Waals surface area contributed by atoms with Gasteiger partial charge in [0.1, 0.15) is 6.33 Å². The van der Waals surface area contributed by atoms with Gasteiger partial charge in [0.05, 0.1) is 5.69 Å². The molecule has 0 aliphatic carbocycles. The zero-order valence-electron chi connectivity index (χ0n) is 17.0. The van der Waals surface area contributed by atoms with Gasteiger partial charge in [-0.1, -0.05) is 11.8 Å². The lowest BCUT2D eigenvalue weighted by Gasteiger charge is -2.11. The fraction of sp³-hybridized carbons (Fsp3) is 0.300. The number of H-pyrrole nitrogens is 1. The number of hydrogen-bond acceptors (Lipinski definition) is 9. The first kappa shape index (κ1) is 19.6. The average Bonchev–Trinajstić information content (AvgIpc) is 3.51. The van der Waals surface area contributed by atoms with Gasteiger partial charge in [0.2, 0.25) is 6.79 Å². The molecule has 0 fully saturated rings. The van der Waals surface area contributed by atoms with Crippen molar-refractivity contribution >= 4 is 28.7 Å². The van der Waals surface area contributed by atoms with Crippen LogP contribution in [0.5, 0.6) is 11.5 Å². The standard InChI is InChI=1S/C20H22N8O2S/c1-22-5-2-3-7-28-19-17(18(21)23-10-24-19)26-20(28)31-16-9-15-14(29-11-30-15)8-12(16)13-4-6-25-27-13/h4,6,8-10,22H,2-3,5,7,11H2,1H3,(H,25,27)(H2,21,23,24). The molecular weight excluding hydrogens is 416 g/mol. The Morgan fingerprint density at radius 1 is 1.23 bits per heavy atom. The minimum atomic E-state index is 0.210. The van der Waals surface area contributed by atoms with E-state index in [2.05, 4.69) is 30.0 Å². The Kier molecular flexibility index (Phi) is 5.35. The Morgan fingerprint density at radius 2 is 2.10 bits per heavy atom. The topological polar surface area (TPSA) is 129 Å². The quantitative estimate of drug-likeness (QED) is 0.356. The van der Waals surface area contributed by atoms with Crippen LogP contribution in [0.3, 0.4) is 0 Å². The maximum absolute atomic E-state index is 6.09. The van der Waals surface area contributed by atoms with E-state index in [1.807, 2.05) is 25.2 Å². The van der Waals surface area contributed by atoms with Crippen LogP contribution < -0.4 is 20.5 Å². The van der Waals surface area contributed by atoms with E-state index in [0.717, 1.165) is 52.9 Å². The molecule has 4 heterocycles. The number of nitrogens with one attached hydrogen (secondary N) is 2. The number of aryl methyl sites for hydroxylation is 1. The van der Waals surface area contributed by atoms with Crippen LogP contribution in [0.1, 0.15) is 12.8 Å². The molecule has 10 nitrogen and oxygen atoms in total. The van der Waals surface area contributed by atoms with Gasteiger partial charge in [-0.15, -0.1) is 0 Å². The highest BCUT2D eigenvalue weighted by molar-refractivity contribution is 7.99. The number of unbranched alkanes of at least 4 members (excludes halogenated alkanes) is 1. The number of nitrogen functional groups attached to an aromatic ring is 1. The van der Waals surface area contributed by atoms with Gasteiger partial charge in [0, 0.05) is 23.2 Å². The molecule has 5 rings (SSSR count). The Labute approximate surface area is 182 Å². The van der Waals surface area contributed by atoms with Crippen molar-refractivity contribution in [3.8, 4) is 22.8 Å². The van der Waals surface area contributed by atoms with Crippen molar-refractivity contribution < 1.29 is 9.47 Å². The number of nitrogens with two attached hydrogens (primary N) is 1. The number of hydrogen-bond donors (Lipinski definition) is 3. The summed E-state index contributed by atoms with van der Waals surface area (Å²) < 4.78 is 13.3. The molecule has 0 atom stereocenters. The first-order valence-corrected chi connectivity index (χ1v) is 10.8. The summed E-state index contributed by atoms with van der Waals surface area (Å²) in [6, 6.07) is 5.86. The lowest BCUT2D eigenvalue weighted by atomic mass is 10.1. The number of benzene rings is 1. The van der Waals surface area contributed by atoms with Gasteiger partial charge in [-0.05, 0) is 44.6 Å². The van der Waals surface area contributed by atoms with Crippen molar-refractivity contribution in [2.75, 3.05) is 26.1 Å². The Bertz CT molecular complexity index is 1210. The monoisotopic (exact) mass is 438 g/mol. The average molecular weight is 439 g/mol. The summed E-state index contributed by atoms with van der Waals surface area (Å²) in [5.74, 6) is 1.80. The predicted molar refractivity (Wildman–Crippen MR) is 117 cm³/mol. The number of rotatable bonds is 8. The highest BCUT2D eigenvalue weighted by atomic mass is 32.2. The molecule has 1 aliphatic heterocycles. The first-order chi connectivity index (χ1) is 15.2. The van der Waals surface area contributed by atoms with Gasteiger partial charge in [-0.2, -0.15) is 5.10 Å². The summed E-state index contributed by atoms with van der Waals surface area (Å²) in [7, 11) is 1.96. The van der Waals surface area contributed by atoms with Crippen molar-refractivity contribution in [3.63, 3.8) is 0 Å². The maximum Gasteiger partial charge on any atom is 0.231 e. The molecule has 1 aromatic carbocycles. The van der Waals surface area contributed by atoms with E-state index in [-0.39, 0.29) is 6.79 Å². The minimum Gasteiger partial charge on any atom is -0.454 e. The highest BCUT2D eigenvalue weighted by Crippen LogP contribution is 2.44. The number of anilines is 1. The summed E-state index contributed by atoms with van der Waals surface area (Å²) in [6.07, 6.45) is 5.23. The molecule has 0 spiro atoms. The molecule has 160 valence electrons. The molecule has 0 unspecified atom stereocenters. The maximum atomic E-state index is 6.09. The molecule has 1 aliphatic rings. The third-order valence-electron chi connectivity index (χ3n) is 5.05. The molecular formula is C20H22N8O2S. The van der Waals surface area contributed by atoms with Crippen LogP contribution in [0.15, 0.2) is 40.8 Å². The predicted octanol–water partition coefficient (Wildman–Crippen LogP) is 2.68. The number of aromatic nitrogens is 6. The number of imidazole rings is 1. The van der Waals surface area contributed by atoms with Crippen molar-refractivity contribution in [2.45, 2.75) is 29.4 Å². The normalized spacial score (nSPS) is 12.7. The number of ether oxygens (including phenoxy) is 2. The summed E-state index contributed by atoms with van der Waals surface area (Å²) in [6.45, 7) is 1.95. The van der Waals surface area contributed by atoms with Gasteiger partial charge in [0.25, 0.3) is 0 Å². The van der Waals surface area contributed by atoms with Crippen molar-refractivity contribution in [1.29, 1.82) is 0 Å². The summed E-state index contributed by atoms with van der Waals surface area (Å²) in [4.78, 5) is 14.3. The van der Waals surface area contributed by atoms with Crippen LogP contribution in [-0.4, -0.2) is 50.1 Å². The van der Waals surface area contributed by atoms with Gasteiger partial charge in [-0.3, -0.25) is 5.10 Å². The van der Waals surface area contributed by atoms with E-state index in [1.165, 1.54) is 18.1 Å². The zero-order chi connectivity index (χ0) is 21.2. The fourth-order valence-electron chi connectivity index (χ4n) is 3.51. The van der Waals surface area contributed by atoms with E-state index in [0.29, 0.717) is 22.8 Å². The van der Waals surface area contributed by atoms with E-state index >= 15 is 0 Å². The van der Waals surface area contributed by atoms with Crippen LogP contribution in [0.4, 0.5) is 5.82 Å². The number of nitrogens with zero attached hydrogens (tertiary/aromatic N) is 5. The number of aromatic amines is 1. The summed E-state index contributed by atoms with van der Waals surface area (Å²) in [5.41, 5.74) is 9.29. The third-order valence-corrected chi connectivity index (χ3v) is 6.10. The van der Waals surface area contributed by atoms with Gasteiger partial charge >= 0.3 is 0 Å². The molecule has 0 amide bonds. The molecule has 4 aromatic rings. The van der Waals surface area contributed by atoms with Crippen LogP contribution in [0.2, 0.25) is 0 Å². The highest BCUT2D eigenvalue weighted by Gasteiger charge is 2.22.